The number of hydrogen-bond donors (Lipinski definition) is 0. The highest BCUT2D eigenvalue weighted by Gasteiger charge is 2.45. The van der Waals surface area contributed by atoms with Crippen LogP contribution in [0.4, 0.5) is 0 Å². The van der Waals surface area contributed by atoms with Crippen LogP contribution in [-0.4, -0.2) is 23.9 Å². The first kappa shape index (κ1) is 10.2. The minimum atomic E-state index is -0.391. The summed E-state index contributed by atoms with van der Waals surface area (Å²) in [5.74, 6) is 0.0488. The van der Waals surface area contributed by atoms with Crippen molar-refractivity contribution in [3.8, 4) is 0 Å². The van der Waals surface area contributed by atoms with Crippen LogP contribution in [0.2, 0.25) is 0 Å². The van der Waals surface area contributed by atoms with Crippen LogP contribution in [0.5, 0.6) is 0 Å². The number of hydrogen-bond acceptors (Lipinski definition) is 3. The van der Waals surface area contributed by atoms with Gasteiger partial charge in [-0.15, -0.1) is 0 Å². The third-order valence-corrected chi connectivity index (χ3v) is 3.62. The molecule has 4 heteroatoms. The van der Waals surface area contributed by atoms with Crippen molar-refractivity contribution >= 4 is 12.0 Å². The van der Waals surface area contributed by atoms with E-state index in [1.54, 1.807) is 18.0 Å². The number of benzene rings is 1. The molecule has 0 bridgehead atoms. The summed E-state index contributed by atoms with van der Waals surface area (Å²) in [7, 11) is 1.79. The van der Waals surface area contributed by atoms with Crippen LogP contribution in [0.3, 0.4) is 0 Å². The zero-order valence-corrected chi connectivity index (χ0v) is 9.56. The molecule has 1 heterocycles. The summed E-state index contributed by atoms with van der Waals surface area (Å²) in [6.45, 7) is 0.665. The van der Waals surface area contributed by atoms with Gasteiger partial charge in [0.05, 0.1) is 5.54 Å². The van der Waals surface area contributed by atoms with Gasteiger partial charge in [0.15, 0.2) is 0 Å². The quantitative estimate of drug-likeness (QED) is 0.570. The van der Waals surface area contributed by atoms with Crippen molar-refractivity contribution in [2.24, 2.45) is 4.99 Å². The summed E-state index contributed by atoms with van der Waals surface area (Å²) >= 11 is 0. The molecule has 0 N–H and O–H groups in total. The molecule has 1 aromatic rings. The Bertz CT molecular complexity index is 555. The summed E-state index contributed by atoms with van der Waals surface area (Å²) in [6.07, 6.45) is 3.37. The maximum absolute atomic E-state index is 11.9. The summed E-state index contributed by atoms with van der Waals surface area (Å²) in [4.78, 5) is 27.9. The molecule has 1 aromatic carbocycles. The van der Waals surface area contributed by atoms with Gasteiger partial charge in [-0.05, 0) is 30.0 Å². The van der Waals surface area contributed by atoms with E-state index in [-0.39, 0.29) is 5.91 Å². The van der Waals surface area contributed by atoms with Crippen LogP contribution in [0.25, 0.3) is 0 Å². The van der Waals surface area contributed by atoms with E-state index in [4.69, 9.17) is 0 Å². The fourth-order valence-electron chi connectivity index (χ4n) is 2.41. The molecular weight excluding hydrogens is 216 g/mol. The Morgan fingerprint density at radius 1 is 1.41 bits per heavy atom. The second-order valence-corrected chi connectivity index (χ2v) is 4.77. The van der Waals surface area contributed by atoms with Crippen molar-refractivity contribution in [2.45, 2.75) is 24.9 Å². The minimum Gasteiger partial charge on any atom is -0.337 e. The second-order valence-electron chi connectivity index (χ2n) is 4.77. The highest BCUT2D eigenvalue weighted by Crippen LogP contribution is 2.49. The van der Waals surface area contributed by atoms with Gasteiger partial charge in [0, 0.05) is 19.2 Å². The molecule has 17 heavy (non-hydrogen) atoms. The second kappa shape index (κ2) is 3.28. The topological polar surface area (TPSA) is 49.7 Å². The highest BCUT2D eigenvalue weighted by atomic mass is 16.2. The predicted molar refractivity (Wildman–Crippen MR) is 61.3 cm³/mol. The van der Waals surface area contributed by atoms with E-state index >= 15 is 0 Å². The van der Waals surface area contributed by atoms with Gasteiger partial charge in [-0.25, -0.2) is 4.79 Å². The molecule has 3 rings (SSSR count). The van der Waals surface area contributed by atoms with Gasteiger partial charge in [0.1, 0.15) is 0 Å². The van der Waals surface area contributed by atoms with E-state index in [1.807, 2.05) is 18.2 Å². The van der Waals surface area contributed by atoms with Gasteiger partial charge in [-0.3, -0.25) is 4.79 Å². The summed E-state index contributed by atoms with van der Waals surface area (Å²) < 4.78 is 0. The fraction of sp³-hybridized carbons (Fsp3) is 0.385. The molecule has 0 atom stereocenters. The first-order chi connectivity index (χ1) is 8.16. The molecule has 0 radical (unpaired) electrons. The number of nitrogens with zero attached hydrogens (tertiary/aromatic N) is 2. The summed E-state index contributed by atoms with van der Waals surface area (Å²) in [5, 5.41) is 0. The van der Waals surface area contributed by atoms with Gasteiger partial charge in [-0.1, -0.05) is 12.1 Å². The standard InChI is InChI=1S/C13H12N2O2/c1-15-7-9-2-3-10(6-11(9)12(15)17)13(4-5-13)14-8-16/h2-3,6H,4-5,7H2,1H3. The molecule has 0 saturated heterocycles. The summed E-state index contributed by atoms with van der Waals surface area (Å²) in [6, 6.07) is 5.82. The zero-order chi connectivity index (χ0) is 12.0. The number of carbonyl (C=O) groups is 1. The Balaban J connectivity index is 2.06. The number of isocyanates is 1. The molecule has 2 aliphatic rings. The maximum Gasteiger partial charge on any atom is 0.254 e. The Hall–Kier alpha value is -1.93. The normalized spacial score (nSPS) is 19.8. The number of carbonyl (C=O) groups excluding carboxylic acids is 2. The van der Waals surface area contributed by atoms with E-state index in [1.165, 1.54) is 0 Å². The Morgan fingerprint density at radius 2 is 2.18 bits per heavy atom. The maximum atomic E-state index is 11.9. The lowest BCUT2D eigenvalue weighted by molar-refractivity contribution is 0.0816. The van der Waals surface area contributed by atoms with Crippen molar-refractivity contribution in [1.29, 1.82) is 0 Å². The van der Waals surface area contributed by atoms with Crippen molar-refractivity contribution in [3.63, 3.8) is 0 Å². The summed E-state index contributed by atoms with van der Waals surface area (Å²) in [5.41, 5.74) is 2.37. The lowest BCUT2D eigenvalue weighted by Gasteiger charge is -2.09. The Kier molecular flexibility index (Phi) is 1.98. The largest absolute Gasteiger partial charge is 0.337 e. The van der Waals surface area contributed by atoms with Crippen LogP contribution in [0, 0.1) is 0 Å². The number of fused-ring (bicyclic) bond motifs is 1. The molecule has 1 amide bonds. The molecule has 4 nitrogen and oxygen atoms in total. The van der Waals surface area contributed by atoms with Crippen LogP contribution < -0.4 is 0 Å². The van der Waals surface area contributed by atoms with Crippen LogP contribution in [-0.2, 0) is 16.9 Å². The van der Waals surface area contributed by atoms with Gasteiger partial charge in [0.25, 0.3) is 5.91 Å². The predicted octanol–water partition coefficient (Wildman–Crippen LogP) is 1.60. The average Bonchev–Trinajstić information content (AvgIpc) is 3.04. The molecule has 1 aliphatic heterocycles. The van der Waals surface area contributed by atoms with E-state index < -0.39 is 5.54 Å². The Morgan fingerprint density at radius 3 is 2.82 bits per heavy atom. The van der Waals surface area contributed by atoms with Crippen molar-refractivity contribution < 1.29 is 9.59 Å². The van der Waals surface area contributed by atoms with Crippen molar-refractivity contribution in [1.82, 2.24) is 4.90 Å². The third-order valence-electron chi connectivity index (χ3n) is 3.62. The lowest BCUT2D eigenvalue weighted by Crippen LogP contribution is -2.17. The first-order valence-electron chi connectivity index (χ1n) is 5.64. The molecule has 86 valence electrons. The molecule has 0 spiro atoms. The molecule has 1 fully saturated rings. The number of aliphatic imine (C=N–C) groups is 1. The van der Waals surface area contributed by atoms with Crippen LogP contribution in [0.1, 0.15) is 34.3 Å². The first-order valence-corrected chi connectivity index (χ1v) is 5.64. The Labute approximate surface area is 99.0 Å². The number of rotatable bonds is 2. The van der Waals surface area contributed by atoms with Crippen molar-refractivity contribution in [2.75, 3.05) is 7.05 Å². The van der Waals surface area contributed by atoms with E-state index in [0.29, 0.717) is 6.54 Å². The van der Waals surface area contributed by atoms with E-state index in [9.17, 15) is 9.59 Å². The van der Waals surface area contributed by atoms with E-state index in [0.717, 1.165) is 29.5 Å². The number of amides is 1. The highest BCUT2D eigenvalue weighted by molar-refractivity contribution is 5.98. The lowest BCUT2D eigenvalue weighted by atomic mass is 10.00. The average molecular weight is 228 g/mol. The van der Waals surface area contributed by atoms with Crippen molar-refractivity contribution in [3.05, 3.63) is 34.9 Å². The SMILES string of the molecule is CN1Cc2ccc(C3(N=C=O)CC3)cc2C1=O. The third kappa shape index (κ3) is 1.41. The molecule has 1 saturated carbocycles. The molecule has 0 aromatic heterocycles. The van der Waals surface area contributed by atoms with Crippen LogP contribution in [0.15, 0.2) is 23.2 Å². The van der Waals surface area contributed by atoms with Crippen LogP contribution >= 0.6 is 0 Å². The zero-order valence-electron chi connectivity index (χ0n) is 9.56. The van der Waals surface area contributed by atoms with Gasteiger partial charge >= 0.3 is 0 Å². The fourth-order valence-corrected chi connectivity index (χ4v) is 2.41. The van der Waals surface area contributed by atoms with E-state index in [2.05, 4.69) is 4.99 Å². The molecule has 0 unspecified atom stereocenters. The monoisotopic (exact) mass is 228 g/mol. The van der Waals surface area contributed by atoms with Gasteiger partial charge in [-0.2, -0.15) is 4.99 Å². The smallest absolute Gasteiger partial charge is 0.254 e. The van der Waals surface area contributed by atoms with Gasteiger partial charge < -0.3 is 4.90 Å². The minimum absolute atomic E-state index is 0.0488. The molecule has 1 aliphatic carbocycles. The molecular formula is C13H12N2O2. The van der Waals surface area contributed by atoms with Gasteiger partial charge in [0.2, 0.25) is 6.08 Å².